The van der Waals surface area contributed by atoms with E-state index in [9.17, 15) is 9.18 Å². The zero-order valence-electron chi connectivity index (χ0n) is 16.7. The van der Waals surface area contributed by atoms with E-state index in [1.54, 1.807) is 12.1 Å². The van der Waals surface area contributed by atoms with Gasteiger partial charge in [-0.15, -0.1) is 0 Å². The third-order valence-corrected chi connectivity index (χ3v) is 6.26. The first kappa shape index (κ1) is 18.9. The second-order valence-electron chi connectivity index (χ2n) is 8.10. The van der Waals surface area contributed by atoms with E-state index in [-0.39, 0.29) is 17.3 Å². The van der Waals surface area contributed by atoms with E-state index >= 15 is 0 Å². The number of nitrogens with zero attached hydrogens (tertiary/aromatic N) is 2. The number of carbonyl (C=O) groups is 1. The molecule has 0 atom stereocenters. The number of benzene rings is 2. The van der Waals surface area contributed by atoms with Crippen molar-refractivity contribution in [2.75, 3.05) is 23.4 Å². The number of amides is 1. The molecule has 3 aromatic rings. The van der Waals surface area contributed by atoms with Gasteiger partial charge in [-0.05, 0) is 56.3 Å². The van der Waals surface area contributed by atoms with Crippen LogP contribution in [0.2, 0.25) is 0 Å². The van der Waals surface area contributed by atoms with Gasteiger partial charge in [-0.1, -0.05) is 11.3 Å². The largest absolute Gasteiger partial charge is 0.490 e. The molecule has 0 unspecified atom stereocenters. The number of nitrogens with one attached hydrogen (secondary N) is 2. The molecule has 2 N–H and O–H groups in total. The predicted molar refractivity (Wildman–Crippen MR) is 116 cm³/mol. The van der Waals surface area contributed by atoms with Crippen LogP contribution in [-0.4, -0.2) is 29.6 Å². The van der Waals surface area contributed by atoms with Gasteiger partial charge in [-0.25, -0.2) is 9.37 Å². The molecule has 0 spiro atoms. The molecular weight excluding hydrogens is 403 g/mol. The van der Waals surface area contributed by atoms with Gasteiger partial charge in [0, 0.05) is 23.3 Å². The summed E-state index contributed by atoms with van der Waals surface area (Å²) in [6.45, 7) is 5.19. The van der Waals surface area contributed by atoms with Gasteiger partial charge in [0.1, 0.15) is 23.1 Å². The lowest BCUT2D eigenvalue weighted by atomic mass is 9.94. The van der Waals surface area contributed by atoms with Gasteiger partial charge < -0.3 is 20.3 Å². The summed E-state index contributed by atoms with van der Waals surface area (Å²) in [5.41, 5.74) is 3.08. The number of anilines is 4. The Kier molecular flexibility index (Phi) is 4.39. The number of fused-ring (bicyclic) bond motifs is 2. The Morgan fingerprint density at radius 1 is 1.20 bits per heavy atom. The average molecular weight is 425 g/mol. The van der Waals surface area contributed by atoms with E-state index in [0.717, 1.165) is 33.6 Å². The molecule has 2 aliphatic heterocycles. The number of hydrogen-bond acceptors (Lipinski definition) is 6. The Hall–Kier alpha value is -3.13. The van der Waals surface area contributed by atoms with Crippen LogP contribution in [0.3, 0.4) is 0 Å². The van der Waals surface area contributed by atoms with Crippen LogP contribution >= 0.6 is 11.3 Å². The van der Waals surface area contributed by atoms with Gasteiger partial charge in [0.25, 0.3) is 5.91 Å². The minimum absolute atomic E-state index is 0.0646. The molecule has 3 heterocycles. The number of rotatable bonds is 3. The van der Waals surface area contributed by atoms with Crippen molar-refractivity contribution in [1.29, 1.82) is 0 Å². The lowest BCUT2D eigenvalue weighted by Gasteiger charge is -2.30. The molecule has 2 aliphatic rings. The molecule has 0 aliphatic carbocycles. The average Bonchev–Trinajstić information content (AvgIpc) is 3.12. The third kappa shape index (κ3) is 3.47. The van der Waals surface area contributed by atoms with E-state index in [4.69, 9.17) is 9.72 Å². The van der Waals surface area contributed by atoms with E-state index < -0.39 is 0 Å². The van der Waals surface area contributed by atoms with Crippen molar-refractivity contribution in [2.45, 2.75) is 25.8 Å². The Labute approximate surface area is 177 Å². The number of halogens is 1. The highest BCUT2D eigenvalue weighted by atomic mass is 32.1. The summed E-state index contributed by atoms with van der Waals surface area (Å²) in [5, 5.41) is 7.12. The molecule has 8 heteroatoms. The SMILES string of the molecule is CC1(C)Cc2nc(N3CCOc4ccc(Nc5ccc(F)cc5)cc43)sc2C(=O)N1. The number of thiazole rings is 1. The molecule has 0 fully saturated rings. The minimum Gasteiger partial charge on any atom is -0.490 e. The number of ether oxygens (including phenoxy) is 1. The predicted octanol–water partition coefficient (Wildman–Crippen LogP) is 4.62. The van der Waals surface area contributed by atoms with E-state index in [2.05, 4.69) is 15.5 Å². The van der Waals surface area contributed by atoms with Gasteiger partial charge in [-0.3, -0.25) is 4.79 Å². The van der Waals surface area contributed by atoms with Crippen molar-refractivity contribution in [1.82, 2.24) is 10.3 Å². The van der Waals surface area contributed by atoms with Crippen LogP contribution in [0.5, 0.6) is 5.75 Å². The molecule has 30 heavy (non-hydrogen) atoms. The third-order valence-electron chi connectivity index (χ3n) is 5.14. The van der Waals surface area contributed by atoms with E-state index in [0.29, 0.717) is 24.4 Å². The summed E-state index contributed by atoms with van der Waals surface area (Å²) >= 11 is 1.41. The number of hydrogen-bond donors (Lipinski definition) is 2. The fraction of sp³-hybridized carbons (Fsp3) is 0.273. The Morgan fingerprint density at radius 2 is 1.97 bits per heavy atom. The summed E-state index contributed by atoms with van der Waals surface area (Å²) in [6, 6.07) is 12.1. The summed E-state index contributed by atoms with van der Waals surface area (Å²) < 4.78 is 19.0. The molecule has 0 bridgehead atoms. The lowest BCUT2D eigenvalue weighted by molar-refractivity contribution is 0.0901. The van der Waals surface area contributed by atoms with Crippen LogP contribution in [0.15, 0.2) is 42.5 Å². The van der Waals surface area contributed by atoms with Crippen molar-refractivity contribution >= 4 is 39.4 Å². The second kappa shape index (κ2) is 6.98. The van der Waals surface area contributed by atoms with Gasteiger partial charge >= 0.3 is 0 Å². The summed E-state index contributed by atoms with van der Waals surface area (Å²) in [4.78, 5) is 20.1. The molecule has 154 valence electrons. The van der Waals surface area contributed by atoms with Gasteiger partial charge in [0.2, 0.25) is 0 Å². The zero-order chi connectivity index (χ0) is 20.9. The highest BCUT2D eigenvalue weighted by Crippen LogP contribution is 2.42. The smallest absolute Gasteiger partial charge is 0.263 e. The van der Waals surface area contributed by atoms with Crippen molar-refractivity contribution in [3.63, 3.8) is 0 Å². The Morgan fingerprint density at radius 3 is 2.77 bits per heavy atom. The topological polar surface area (TPSA) is 66.5 Å². The van der Waals surface area contributed by atoms with Crippen LogP contribution in [0.1, 0.15) is 29.2 Å². The summed E-state index contributed by atoms with van der Waals surface area (Å²) in [5.74, 6) is 0.430. The lowest BCUT2D eigenvalue weighted by Crippen LogP contribution is -2.48. The first-order valence-electron chi connectivity index (χ1n) is 9.77. The van der Waals surface area contributed by atoms with Crippen molar-refractivity contribution in [3.05, 3.63) is 58.9 Å². The zero-order valence-corrected chi connectivity index (χ0v) is 17.5. The summed E-state index contributed by atoms with van der Waals surface area (Å²) in [6.07, 6.45) is 0.702. The van der Waals surface area contributed by atoms with Crippen molar-refractivity contribution in [2.24, 2.45) is 0 Å². The first-order chi connectivity index (χ1) is 14.4. The van der Waals surface area contributed by atoms with Gasteiger partial charge in [0.15, 0.2) is 5.13 Å². The van der Waals surface area contributed by atoms with Crippen LogP contribution in [-0.2, 0) is 6.42 Å². The molecule has 6 nitrogen and oxygen atoms in total. The monoisotopic (exact) mass is 424 g/mol. The van der Waals surface area contributed by atoms with E-state index in [1.807, 2.05) is 32.0 Å². The second-order valence-corrected chi connectivity index (χ2v) is 9.08. The molecule has 2 aromatic carbocycles. The maximum absolute atomic E-state index is 13.2. The molecule has 1 amide bonds. The van der Waals surface area contributed by atoms with Crippen molar-refractivity contribution < 1.29 is 13.9 Å². The molecule has 5 rings (SSSR count). The van der Waals surface area contributed by atoms with Crippen LogP contribution in [0, 0.1) is 5.82 Å². The molecule has 0 saturated heterocycles. The van der Waals surface area contributed by atoms with Gasteiger partial charge in [-0.2, -0.15) is 0 Å². The number of carbonyl (C=O) groups excluding carboxylic acids is 1. The van der Waals surface area contributed by atoms with Crippen LogP contribution in [0.25, 0.3) is 0 Å². The maximum Gasteiger partial charge on any atom is 0.263 e. The Balaban J connectivity index is 1.48. The van der Waals surface area contributed by atoms with Gasteiger partial charge in [0.05, 0.1) is 17.9 Å². The van der Waals surface area contributed by atoms with Crippen LogP contribution < -0.4 is 20.3 Å². The Bertz CT molecular complexity index is 1130. The van der Waals surface area contributed by atoms with Crippen molar-refractivity contribution in [3.8, 4) is 5.75 Å². The van der Waals surface area contributed by atoms with E-state index in [1.165, 1.54) is 23.5 Å². The molecule has 0 saturated carbocycles. The molecular formula is C22H21FN4O2S. The molecule has 0 radical (unpaired) electrons. The normalized spacial score (nSPS) is 16.9. The van der Waals surface area contributed by atoms with Crippen LogP contribution in [0.4, 0.5) is 26.6 Å². The minimum atomic E-state index is -0.301. The highest BCUT2D eigenvalue weighted by Gasteiger charge is 2.34. The fourth-order valence-corrected chi connectivity index (χ4v) is 4.79. The standard InChI is InChI=1S/C22H21FN4O2S/c1-22(2)12-16-19(20(28)26-22)30-21(25-16)27-9-10-29-18-8-7-15(11-17(18)27)24-14-5-3-13(23)4-6-14/h3-8,11,24H,9-10,12H2,1-2H3,(H,26,28). The quantitative estimate of drug-likeness (QED) is 0.642. The summed E-state index contributed by atoms with van der Waals surface area (Å²) in [7, 11) is 0. The maximum atomic E-state index is 13.2. The highest BCUT2D eigenvalue weighted by molar-refractivity contribution is 7.17. The molecule has 1 aromatic heterocycles. The fourth-order valence-electron chi connectivity index (χ4n) is 3.77. The first-order valence-corrected chi connectivity index (χ1v) is 10.6. The number of aromatic nitrogens is 1.